The van der Waals surface area contributed by atoms with Crippen LogP contribution in [0.5, 0.6) is 0 Å². The second kappa shape index (κ2) is 4.64. The number of amides is 3. The number of carbonyl (C=O) groups excluding carboxylic acids is 3. The lowest BCUT2D eigenvalue weighted by atomic mass is 9.64. The van der Waals surface area contributed by atoms with Crippen molar-refractivity contribution in [3.63, 3.8) is 0 Å². The van der Waals surface area contributed by atoms with Gasteiger partial charge in [0.15, 0.2) is 0 Å². The van der Waals surface area contributed by atoms with Crippen LogP contribution in [0.2, 0.25) is 0 Å². The van der Waals surface area contributed by atoms with Crippen LogP contribution in [0.25, 0.3) is 0 Å². The van der Waals surface area contributed by atoms with E-state index in [-0.39, 0.29) is 29.7 Å². The first-order valence-corrected chi connectivity index (χ1v) is 7.55. The van der Waals surface area contributed by atoms with E-state index >= 15 is 0 Å². The van der Waals surface area contributed by atoms with Crippen molar-refractivity contribution in [1.82, 2.24) is 16.0 Å². The van der Waals surface area contributed by atoms with Crippen molar-refractivity contribution >= 4 is 17.7 Å². The molecule has 6 nitrogen and oxygen atoms in total. The molecule has 22 heavy (non-hydrogen) atoms. The van der Waals surface area contributed by atoms with Gasteiger partial charge in [0.2, 0.25) is 11.8 Å². The van der Waals surface area contributed by atoms with E-state index in [2.05, 4.69) is 16.0 Å². The van der Waals surface area contributed by atoms with Crippen LogP contribution in [0.1, 0.15) is 24.0 Å². The van der Waals surface area contributed by atoms with Crippen molar-refractivity contribution in [2.45, 2.75) is 37.4 Å². The maximum absolute atomic E-state index is 12.5. The zero-order valence-electron chi connectivity index (χ0n) is 12.0. The zero-order valence-corrected chi connectivity index (χ0v) is 12.0. The van der Waals surface area contributed by atoms with Crippen molar-refractivity contribution in [3.05, 3.63) is 35.4 Å². The minimum absolute atomic E-state index is 0.141. The fourth-order valence-corrected chi connectivity index (χ4v) is 3.61. The maximum Gasteiger partial charge on any atom is 0.252 e. The van der Waals surface area contributed by atoms with E-state index < -0.39 is 5.54 Å². The van der Waals surface area contributed by atoms with Crippen LogP contribution in [-0.2, 0) is 27.3 Å². The van der Waals surface area contributed by atoms with Gasteiger partial charge in [0.25, 0.3) is 5.91 Å². The van der Waals surface area contributed by atoms with E-state index in [1.807, 2.05) is 24.3 Å². The highest BCUT2D eigenvalue weighted by Crippen LogP contribution is 2.41. The zero-order chi connectivity index (χ0) is 15.3. The Hall–Kier alpha value is -2.21. The number of rotatable bonds is 2. The van der Waals surface area contributed by atoms with Crippen LogP contribution < -0.4 is 16.0 Å². The molecule has 5 rings (SSSR count). The lowest BCUT2D eigenvalue weighted by Crippen LogP contribution is -2.74. The predicted molar refractivity (Wildman–Crippen MR) is 77.5 cm³/mol. The van der Waals surface area contributed by atoms with Gasteiger partial charge >= 0.3 is 0 Å². The lowest BCUT2D eigenvalue weighted by molar-refractivity contribution is -0.155. The Morgan fingerprint density at radius 3 is 2.64 bits per heavy atom. The first-order chi connectivity index (χ1) is 10.6. The molecule has 4 aliphatic rings. The molecule has 1 saturated carbocycles. The monoisotopic (exact) mass is 299 g/mol. The normalized spacial score (nSPS) is 32.5. The molecular formula is C16H17N3O3. The molecule has 2 bridgehead atoms. The molecular weight excluding hydrogens is 282 g/mol. The molecule has 2 saturated heterocycles. The van der Waals surface area contributed by atoms with Gasteiger partial charge in [0.1, 0.15) is 5.54 Å². The summed E-state index contributed by atoms with van der Waals surface area (Å²) in [6.45, 7) is 0.647. The summed E-state index contributed by atoms with van der Waals surface area (Å²) in [4.78, 5) is 36.0. The van der Waals surface area contributed by atoms with E-state index in [1.54, 1.807) is 0 Å². The first kappa shape index (κ1) is 13.5. The average molecular weight is 299 g/mol. The van der Waals surface area contributed by atoms with Gasteiger partial charge in [-0.3, -0.25) is 19.7 Å². The Morgan fingerprint density at radius 2 is 1.91 bits per heavy atom. The lowest BCUT2D eigenvalue weighted by Gasteiger charge is -2.50. The Bertz CT molecular complexity index is 679. The SMILES string of the molecule is O=C1NC(=O)C2(NC(=O)[C@@H]3Cc4ccccc4CN3)CC1C2. The summed E-state index contributed by atoms with van der Waals surface area (Å²) >= 11 is 0. The van der Waals surface area contributed by atoms with Gasteiger partial charge in [-0.05, 0) is 30.4 Å². The van der Waals surface area contributed by atoms with Crippen LogP contribution in [0.4, 0.5) is 0 Å². The van der Waals surface area contributed by atoms with Gasteiger partial charge in [-0.2, -0.15) is 0 Å². The third-order valence-corrected chi connectivity index (χ3v) is 4.99. The molecule has 6 heteroatoms. The number of hydrogen-bond acceptors (Lipinski definition) is 4. The molecule has 3 N–H and O–H groups in total. The summed E-state index contributed by atoms with van der Waals surface area (Å²) in [5.41, 5.74) is 1.48. The van der Waals surface area contributed by atoms with E-state index in [0.29, 0.717) is 25.8 Å². The molecule has 3 aliphatic heterocycles. The standard InChI is InChI=1S/C16H17N3O3/c20-13-11-6-16(7-11,15(22)18-13)19-14(21)12-5-9-3-1-2-4-10(9)8-17-12/h1-4,11-12,17H,5-8H2,(H,19,21)(H,18,20,22)/t11?,12-,16?/m0/s1. The van der Waals surface area contributed by atoms with Crippen molar-refractivity contribution in [2.24, 2.45) is 5.92 Å². The van der Waals surface area contributed by atoms with Crippen molar-refractivity contribution in [3.8, 4) is 0 Å². The highest BCUT2D eigenvalue weighted by atomic mass is 16.2. The third-order valence-electron chi connectivity index (χ3n) is 4.99. The second-order valence-electron chi connectivity index (χ2n) is 6.40. The highest BCUT2D eigenvalue weighted by Gasteiger charge is 2.58. The van der Waals surface area contributed by atoms with Crippen LogP contribution >= 0.6 is 0 Å². The third kappa shape index (κ3) is 1.94. The highest BCUT2D eigenvalue weighted by molar-refractivity contribution is 6.08. The fraction of sp³-hybridized carbons (Fsp3) is 0.438. The molecule has 0 spiro atoms. The Balaban J connectivity index is 1.46. The molecule has 0 aromatic heterocycles. The van der Waals surface area contributed by atoms with E-state index in [0.717, 1.165) is 5.56 Å². The van der Waals surface area contributed by atoms with Crippen LogP contribution in [0.3, 0.4) is 0 Å². The Labute approximate surface area is 127 Å². The molecule has 0 unspecified atom stereocenters. The van der Waals surface area contributed by atoms with Crippen LogP contribution in [-0.4, -0.2) is 29.3 Å². The Kier molecular flexibility index (Phi) is 2.84. The molecule has 0 radical (unpaired) electrons. The number of hydrogen-bond donors (Lipinski definition) is 3. The molecule has 1 atom stereocenters. The first-order valence-electron chi connectivity index (χ1n) is 7.55. The minimum Gasteiger partial charge on any atom is -0.340 e. The van der Waals surface area contributed by atoms with Gasteiger partial charge in [0, 0.05) is 12.5 Å². The number of imide groups is 1. The van der Waals surface area contributed by atoms with Crippen molar-refractivity contribution < 1.29 is 14.4 Å². The summed E-state index contributed by atoms with van der Waals surface area (Å²) in [6, 6.07) is 7.69. The molecule has 1 aliphatic carbocycles. The van der Waals surface area contributed by atoms with Crippen molar-refractivity contribution in [2.75, 3.05) is 0 Å². The average Bonchev–Trinajstić information content (AvgIpc) is 2.48. The Morgan fingerprint density at radius 1 is 1.18 bits per heavy atom. The molecule has 3 heterocycles. The minimum atomic E-state index is -0.881. The van der Waals surface area contributed by atoms with Gasteiger partial charge < -0.3 is 10.6 Å². The van der Waals surface area contributed by atoms with Gasteiger partial charge in [-0.15, -0.1) is 0 Å². The summed E-state index contributed by atoms with van der Waals surface area (Å²) in [5.74, 6) is -0.897. The summed E-state index contributed by atoms with van der Waals surface area (Å²) < 4.78 is 0. The molecule has 1 aromatic rings. The fourth-order valence-electron chi connectivity index (χ4n) is 3.61. The maximum atomic E-state index is 12.5. The topological polar surface area (TPSA) is 87.3 Å². The van der Waals surface area contributed by atoms with Crippen molar-refractivity contribution in [1.29, 1.82) is 0 Å². The molecule has 3 fully saturated rings. The molecule has 1 aromatic carbocycles. The molecule has 114 valence electrons. The molecule has 3 amide bonds. The largest absolute Gasteiger partial charge is 0.340 e. The summed E-state index contributed by atoms with van der Waals surface area (Å²) in [6.07, 6.45) is 1.46. The van der Waals surface area contributed by atoms with E-state index in [1.165, 1.54) is 5.56 Å². The smallest absolute Gasteiger partial charge is 0.252 e. The summed E-state index contributed by atoms with van der Waals surface area (Å²) in [7, 11) is 0. The summed E-state index contributed by atoms with van der Waals surface area (Å²) in [5, 5.41) is 8.41. The number of piperidine rings is 2. The van der Waals surface area contributed by atoms with Crippen LogP contribution in [0.15, 0.2) is 24.3 Å². The van der Waals surface area contributed by atoms with Gasteiger partial charge in [-0.1, -0.05) is 24.3 Å². The van der Waals surface area contributed by atoms with Gasteiger partial charge in [-0.25, -0.2) is 0 Å². The van der Waals surface area contributed by atoms with E-state index in [4.69, 9.17) is 0 Å². The number of fused-ring (bicyclic) bond motifs is 3. The van der Waals surface area contributed by atoms with Gasteiger partial charge in [0.05, 0.1) is 6.04 Å². The second-order valence-corrected chi connectivity index (χ2v) is 6.40. The van der Waals surface area contributed by atoms with Crippen LogP contribution in [0, 0.1) is 5.92 Å². The number of nitrogens with one attached hydrogen (secondary N) is 3. The quantitative estimate of drug-likeness (QED) is 0.650. The number of carbonyl (C=O) groups is 3. The predicted octanol–water partition coefficient (Wildman–Crippen LogP) is -0.378. The van der Waals surface area contributed by atoms with E-state index in [9.17, 15) is 14.4 Å². The number of benzene rings is 1.